The number of halogens is 3. The number of benzene rings is 1. The van der Waals surface area contributed by atoms with Gasteiger partial charge < -0.3 is 9.47 Å². The van der Waals surface area contributed by atoms with Crippen LogP contribution in [0.15, 0.2) is 24.3 Å². The maximum absolute atomic E-state index is 12.3. The molecule has 0 aliphatic carbocycles. The molecule has 1 saturated heterocycles. The van der Waals surface area contributed by atoms with Crippen LogP contribution in [-0.4, -0.2) is 19.5 Å². The molecule has 1 aliphatic heterocycles. The van der Waals surface area contributed by atoms with Crippen molar-refractivity contribution in [2.24, 2.45) is 0 Å². The van der Waals surface area contributed by atoms with Crippen molar-refractivity contribution in [3.8, 4) is 0 Å². The van der Waals surface area contributed by atoms with E-state index in [0.717, 1.165) is 17.7 Å². The smallest absolute Gasteiger partial charge is 0.350 e. The molecule has 0 saturated carbocycles. The predicted octanol–water partition coefficient (Wildman–Crippen LogP) is 3.01. The Morgan fingerprint density at radius 2 is 1.65 bits per heavy atom. The number of rotatable bonds is 3. The molecule has 94 valence electrons. The first-order valence-electron chi connectivity index (χ1n) is 5.45. The minimum Gasteiger partial charge on any atom is -0.350 e. The third-order valence-corrected chi connectivity index (χ3v) is 2.64. The van der Waals surface area contributed by atoms with Gasteiger partial charge in [-0.2, -0.15) is 13.2 Å². The molecule has 2 nitrogen and oxygen atoms in total. The second-order valence-corrected chi connectivity index (χ2v) is 3.90. The van der Waals surface area contributed by atoms with E-state index in [9.17, 15) is 13.2 Å². The van der Waals surface area contributed by atoms with E-state index in [1.807, 2.05) is 0 Å². The molecule has 0 bridgehead atoms. The minimum absolute atomic E-state index is 0.211. The van der Waals surface area contributed by atoms with Gasteiger partial charge in [-0.15, -0.1) is 0 Å². The summed E-state index contributed by atoms with van der Waals surface area (Å²) in [5.74, 6) is 0. The molecule has 1 heterocycles. The maximum Gasteiger partial charge on any atom is 0.416 e. The summed E-state index contributed by atoms with van der Waals surface area (Å²) in [6, 6.07) is 5.20. The number of alkyl halides is 3. The van der Waals surface area contributed by atoms with Gasteiger partial charge in [0.05, 0.1) is 18.8 Å². The SMILES string of the molecule is FC(F)(F)c1ccc(CCC2OCCO2)cc1. The molecule has 0 unspecified atom stereocenters. The quantitative estimate of drug-likeness (QED) is 0.816. The first-order valence-corrected chi connectivity index (χ1v) is 5.45. The Balaban J connectivity index is 1.89. The van der Waals surface area contributed by atoms with Gasteiger partial charge in [0, 0.05) is 6.42 Å². The zero-order valence-corrected chi connectivity index (χ0v) is 9.17. The van der Waals surface area contributed by atoms with Crippen LogP contribution < -0.4 is 0 Å². The van der Waals surface area contributed by atoms with Gasteiger partial charge in [-0.3, -0.25) is 0 Å². The van der Waals surface area contributed by atoms with Crippen LogP contribution in [-0.2, 0) is 22.1 Å². The number of ether oxygens (including phenoxy) is 2. The fourth-order valence-electron chi connectivity index (χ4n) is 1.72. The summed E-state index contributed by atoms with van der Waals surface area (Å²) >= 11 is 0. The van der Waals surface area contributed by atoms with Crippen molar-refractivity contribution >= 4 is 0 Å². The molecule has 1 aliphatic rings. The molecule has 0 aromatic heterocycles. The lowest BCUT2D eigenvalue weighted by Crippen LogP contribution is -2.09. The van der Waals surface area contributed by atoms with E-state index >= 15 is 0 Å². The minimum atomic E-state index is -4.27. The second-order valence-electron chi connectivity index (χ2n) is 3.90. The van der Waals surface area contributed by atoms with Crippen molar-refractivity contribution in [2.75, 3.05) is 13.2 Å². The zero-order valence-electron chi connectivity index (χ0n) is 9.17. The Morgan fingerprint density at radius 3 is 2.18 bits per heavy atom. The van der Waals surface area contributed by atoms with Crippen LogP contribution >= 0.6 is 0 Å². The van der Waals surface area contributed by atoms with Crippen molar-refractivity contribution < 1.29 is 22.6 Å². The summed E-state index contributed by atoms with van der Waals surface area (Å²) in [7, 11) is 0. The lowest BCUT2D eigenvalue weighted by molar-refractivity contribution is -0.137. The molecule has 17 heavy (non-hydrogen) atoms. The molecule has 5 heteroatoms. The van der Waals surface area contributed by atoms with Crippen LogP contribution in [0.5, 0.6) is 0 Å². The highest BCUT2D eigenvalue weighted by Crippen LogP contribution is 2.29. The molecule has 0 N–H and O–H groups in total. The zero-order chi connectivity index (χ0) is 12.3. The van der Waals surface area contributed by atoms with Crippen molar-refractivity contribution in [2.45, 2.75) is 25.3 Å². The predicted molar refractivity (Wildman–Crippen MR) is 55.5 cm³/mol. The molecule has 2 rings (SSSR count). The van der Waals surface area contributed by atoms with E-state index in [0.29, 0.717) is 26.1 Å². The van der Waals surface area contributed by atoms with Crippen LogP contribution in [0, 0.1) is 0 Å². The van der Waals surface area contributed by atoms with Gasteiger partial charge in [0.25, 0.3) is 0 Å². The topological polar surface area (TPSA) is 18.5 Å². The van der Waals surface area contributed by atoms with Crippen molar-refractivity contribution in [1.29, 1.82) is 0 Å². The van der Waals surface area contributed by atoms with Crippen molar-refractivity contribution in [3.63, 3.8) is 0 Å². The number of hydrogen-bond donors (Lipinski definition) is 0. The third kappa shape index (κ3) is 3.44. The van der Waals surface area contributed by atoms with E-state index < -0.39 is 11.7 Å². The van der Waals surface area contributed by atoms with Gasteiger partial charge in [-0.1, -0.05) is 12.1 Å². The Labute approximate surface area is 97.3 Å². The van der Waals surface area contributed by atoms with Gasteiger partial charge in [0.2, 0.25) is 0 Å². The van der Waals surface area contributed by atoms with Crippen LogP contribution in [0.1, 0.15) is 17.5 Å². The Bertz CT molecular complexity index is 353. The third-order valence-electron chi connectivity index (χ3n) is 2.64. The monoisotopic (exact) mass is 246 g/mol. The average Bonchev–Trinajstić information content (AvgIpc) is 2.78. The Hall–Kier alpha value is -1.07. The molecule has 1 fully saturated rings. The molecule has 0 atom stereocenters. The maximum atomic E-state index is 12.3. The number of hydrogen-bond acceptors (Lipinski definition) is 2. The highest BCUT2D eigenvalue weighted by atomic mass is 19.4. The van der Waals surface area contributed by atoms with Crippen LogP contribution in [0.2, 0.25) is 0 Å². The lowest BCUT2D eigenvalue weighted by Gasteiger charge is -2.10. The lowest BCUT2D eigenvalue weighted by atomic mass is 10.1. The van der Waals surface area contributed by atoms with Crippen LogP contribution in [0.25, 0.3) is 0 Å². The fraction of sp³-hybridized carbons (Fsp3) is 0.500. The summed E-state index contributed by atoms with van der Waals surface area (Å²) in [6.07, 6.45) is -3.15. The van der Waals surface area contributed by atoms with E-state index in [2.05, 4.69) is 0 Å². The molecule has 1 aromatic carbocycles. The average molecular weight is 246 g/mol. The summed E-state index contributed by atoms with van der Waals surface area (Å²) in [5.41, 5.74) is 0.242. The normalized spacial score (nSPS) is 17.6. The van der Waals surface area contributed by atoms with E-state index in [1.54, 1.807) is 0 Å². The van der Waals surface area contributed by atoms with E-state index in [4.69, 9.17) is 9.47 Å². The molecule has 0 spiro atoms. The fourth-order valence-corrected chi connectivity index (χ4v) is 1.72. The number of aryl methyl sites for hydroxylation is 1. The molecule has 1 aromatic rings. The van der Waals surface area contributed by atoms with Gasteiger partial charge in [-0.25, -0.2) is 0 Å². The summed E-state index contributed by atoms with van der Waals surface area (Å²) in [6.45, 7) is 1.19. The molecule has 0 radical (unpaired) electrons. The van der Waals surface area contributed by atoms with E-state index in [1.165, 1.54) is 12.1 Å². The second kappa shape index (κ2) is 5.06. The highest BCUT2D eigenvalue weighted by molar-refractivity contribution is 5.24. The molecular weight excluding hydrogens is 233 g/mol. The van der Waals surface area contributed by atoms with Crippen LogP contribution in [0.4, 0.5) is 13.2 Å². The Kier molecular flexibility index (Phi) is 3.69. The Morgan fingerprint density at radius 1 is 1.06 bits per heavy atom. The van der Waals surface area contributed by atoms with E-state index in [-0.39, 0.29) is 6.29 Å². The molecular formula is C12H13F3O2. The van der Waals surface area contributed by atoms with Crippen molar-refractivity contribution in [3.05, 3.63) is 35.4 Å². The van der Waals surface area contributed by atoms with Crippen molar-refractivity contribution in [1.82, 2.24) is 0 Å². The highest BCUT2D eigenvalue weighted by Gasteiger charge is 2.29. The first-order chi connectivity index (χ1) is 8.05. The molecule has 0 amide bonds. The van der Waals surface area contributed by atoms with Gasteiger partial charge >= 0.3 is 6.18 Å². The van der Waals surface area contributed by atoms with Gasteiger partial charge in [0.1, 0.15) is 0 Å². The van der Waals surface area contributed by atoms with Gasteiger partial charge in [-0.05, 0) is 24.1 Å². The largest absolute Gasteiger partial charge is 0.416 e. The summed E-state index contributed by atoms with van der Waals surface area (Å²) in [4.78, 5) is 0. The first kappa shape index (κ1) is 12.4. The van der Waals surface area contributed by atoms with Crippen LogP contribution in [0.3, 0.4) is 0 Å². The van der Waals surface area contributed by atoms with Gasteiger partial charge in [0.15, 0.2) is 6.29 Å². The summed E-state index contributed by atoms with van der Waals surface area (Å²) in [5, 5.41) is 0. The standard InChI is InChI=1S/C12H13F3O2/c13-12(14,15)10-4-1-9(2-5-10)3-6-11-16-7-8-17-11/h1-2,4-5,11H,3,6-8H2. The summed E-state index contributed by atoms with van der Waals surface area (Å²) < 4.78 is 47.4.